The first-order chi connectivity index (χ1) is 8.41. The molecule has 0 saturated carbocycles. The maximum atomic E-state index is 12.1. The lowest BCUT2D eigenvalue weighted by Gasteiger charge is -2.40. The number of nitrogens with one attached hydrogen (secondary N) is 2. The summed E-state index contributed by atoms with van der Waals surface area (Å²) in [4.78, 5) is 36.4. The van der Waals surface area contributed by atoms with Crippen molar-refractivity contribution < 1.29 is 19.1 Å². The Hall–Kier alpha value is -1.63. The number of amides is 4. The van der Waals surface area contributed by atoms with Gasteiger partial charge in [-0.1, -0.05) is 0 Å². The average molecular weight is 255 g/mol. The second kappa shape index (κ2) is 4.56. The summed E-state index contributed by atoms with van der Waals surface area (Å²) in [6.45, 7) is 4.20. The van der Waals surface area contributed by atoms with Crippen molar-refractivity contribution in [2.45, 2.75) is 31.8 Å². The van der Waals surface area contributed by atoms with Crippen molar-refractivity contribution in [3.63, 3.8) is 0 Å². The smallest absolute Gasteiger partial charge is 0.319 e. The van der Waals surface area contributed by atoms with E-state index in [1.54, 1.807) is 13.8 Å². The summed E-state index contributed by atoms with van der Waals surface area (Å²) in [5.74, 6) is -0.922. The Bertz CT molecular complexity index is 388. The largest absolute Gasteiger partial charge is 0.379 e. The number of imide groups is 1. The standard InChI is InChI=1S/C11H17N3O4/c1-11(2)9(16)13-8(15)5-14(11)10(17)12-7-3-4-18-6-7/h7H,3-6H2,1-2H3,(H,12,17)(H,13,15,16). The van der Waals surface area contributed by atoms with E-state index in [0.29, 0.717) is 13.2 Å². The highest BCUT2D eigenvalue weighted by atomic mass is 16.5. The van der Waals surface area contributed by atoms with Gasteiger partial charge in [-0.3, -0.25) is 14.9 Å². The summed E-state index contributed by atoms with van der Waals surface area (Å²) in [7, 11) is 0. The molecular weight excluding hydrogens is 238 g/mol. The van der Waals surface area contributed by atoms with Crippen LogP contribution >= 0.6 is 0 Å². The Labute approximate surface area is 105 Å². The first-order valence-electron chi connectivity index (χ1n) is 5.91. The SMILES string of the molecule is CC1(C)C(=O)NC(=O)CN1C(=O)NC1CCOC1. The molecule has 1 atom stereocenters. The molecule has 2 aliphatic heterocycles. The van der Waals surface area contributed by atoms with Crippen LogP contribution < -0.4 is 10.6 Å². The molecule has 100 valence electrons. The minimum atomic E-state index is -1.03. The highest BCUT2D eigenvalue weighted by Gasteiger charge is 2.44. The highest BCUT2D eigenvalue weighted by molar-refractivity contribution is 6.05. The first kappa shape index (κ1) is 12.8. The van der Waals surface area contributed by atoms with Gasteiger partial charge in [-0.2, -0.15) is 0 Å². The van der Waals surface area contributed by atoms with Crippen LogP contribution in [0.2, 0.25) is 0 Å². The molecule has 2 N–H and O–H groups in total. The third kappa shape index (κ3) is 2.31. The van der Waals surface area contributed by atoms with Gasteiger partial charge >= 0.3 is 6.03 Å². The third-order valence-electron chi connectivity index (χ3n) is 3.29. The first-order valence-corrected chi connectivity index (χ1v) is 5.91. The second-order valence-corrected chi connectivity index (χ2v) is 5.03. The summed E-state index contributed by atoms with van der Waals surface area (Å²) in [6.07, 6.45) is 0.750. The summed E-state index contributed by atoms with van der Waals surface area (Å²) in [6, 6.07) is -0.452. The minimum Gasteiger partial charge on any atom is -0.379 e. The maximum Gasteiger partial charge on any atom is 0.319 e. The van der Waals surface area contributed by atoms with Crippen molar-refractivity contribution in [2.24, 2.45) is 0 Å². The maximum absolute atomic E-state index is 12.1. The molecular formula is C11H17N3O4. The fraction of sp³-hybridized carbons (Fsp3) is 0.727. The number of rotatable bonds is 1. The van der Waals surface area contributed by atoms with Gasteiger partial charge in [0, 0.05) is 6.61 Å². The summed E-state index contributed by atoms with van der Waals surface area (Å²) in [5.41, 5.74) is -1.03. The normalized spacial score (nSPS) is 27.0. The summed E-state index contributed by atoms with van der Waals surface area (Å²) < 4.78 is 5.16. The van der Waals surface area contributed by atoms with Crippen LogP contribution in [0.4, 0.5) is 4.79 Å². The Morgan fingerprint density at radius 1 is 1.50 bits per heavy atom. The molecule has 4 amide bonds. The Morgan fingerprint density at radius 2 is 2.22 bits per heavy atom. The van der Waals surface area contributed by atoms with Crippen LogP contribution in [0.1, 0.15) is 20.3 Å². The van der Waals surface area contributed by atoms with Crippen molar-refractivity contribution in [1.82, 2.24) is 15.5 Å². The van der Waals surface area contributed by atoms with Crippen molar-refractivity contribution in [1.29, 1.82) is 0 Å². The van der Waals surface area contributed by atoms with E-state index in [1.165, 1.54) is 4.90 Å². The lowest BCUT2D eigenvalue weighted by molar-refractivity contribution is -0.142. The van der Waals surface area contributed by atoms with Gasteiger partial charge in [0.2, 0.25) is 5.91 Å². The van der Waals surface area contributed by atoms with Crippen LogP contribution in [-0.4, -0.2) is 54.1 Å². The lowest BCUT2D eigenvalue weighted by atomic mass is 9.99. The average Bonchev–Trinajstić information content (AvgIpc) is 2.76. The molecule has 2 rings (SSSR count). The molecule has 1 unspecified atom stereocenters. The monoisotopic (exact) mass is 255 g/mol. The Kier molecular flexibility index (Phi) is 3.25. The fourth-order valence-electron chi connectivity index (χ4n) is 2.01. The van der Waals surface area contributed by atoms with Crippen LogP contribution in [0.3, 0.4) is 0 Å². The van der Waals surface area contributed by atoms with E-state index in [-0.39, 0.29) is 12.6 Å². The molecule has 0 aromatic rings. The molecule has 7 nitrogen and oxygen atoms in total. The van der Waals surface area contributed by atoms with Crippen molar-refractivity contribution >= 4 is 17.8 Å². The quantitative estimate of drug-likeness (QED) is 0.602. The molecule has 0 aromatic carbocycles. The zero-order valence-corrected chi connectivity index (χ0v) is 10.5. The number of carbonyl (C=O) groups excluding carboxylic acids is 3. The van der Waals surface area contributed by atoms with E-state index in [0.717, 1.165) is 6.42 Å². The van der Waals surface area contributed by atoms with Crippen LogP contribution in [0.25, 0.3) is 0 Å². The molecule has 2 aliphatic rings. The molecule has 0 radical (unpaired) electrons. The van der Waals surface area contributed by atoms with Crippen LogP contribution in [-0.2, 0) is 14.3 Å². The van der Waals surface area contributed by atoms with Crippen LogP contribution in [0.5, 0.6) is 0 Å². The summed E-state index contributed by atoms with van der Waals surface area (Å²) >= 11 is 0. The zero-order chi connectivity index (χ0) is 13.3. The van der Waals surface area contributed by atoms with Gasteiger partial charge in [0.1, 0.15) is 12.1 Å². The van der Waals surface area contributed by atoms with Gasteiger partial charge in [0.05, 0.1) is 12.6 Å². The molecule has 7 heteroatoms. The Morgan fingerprint density at radius 3 is 2.83 bits per heavy atom. The number of carbonyl (C=O) groups is 3. The van der Waals surface area contributed by atoms with Crippen molar-refractivity contribution in [3.05, 3.63) is 0 Å². The van der Waals surface area contributed by atoms with Gasteiger partial charge in [0.25, 0.3) is 5.91 Å². The van der Waals surface area contributed by atoms with E-state index >= 15 is 0 Å². The van der Waals surface area contributed by atoms with Crippen LogP contribution in [0.15, 0.2) is 0 Å². The topological polar surface area (TPSA) is 87.7 Å². The van der Waals surface area contributed by atoms with E-state index in [4.69, 9.17) is 4.74 Å². The summed E-state index contributed by atoms with van der Waals surface area (Å²) in [5, 5.41) is 5.00. The lowest BCUT2D eigenvalue weighted by Crippen LogP contribution is -2.67. The van der Waals surface area contributed by atoms with E-state index < -0.39 is 23.4 Å². The molecule has 2 heterocycles. The molecule has 2 fully saturated rings. The molecule has 0 spiro atoms. The third-order valence-corrected chi connectivity index (χ3v) is 3.29. The van der Waals surface area contributed by atoms with Gasteiger partial charge in [-0.25, -0.2) is 4.79 Å². The number of nitrogens with zero attached hydrogens (tertiary/aromatic N) is 1. The number of piperazine rings is 1. The number of ether oxygens (including phenoxy) is 1. The van der Waals surface area contributed by atoms with Gasteiger partial charge in [0.15, 0.2) is 0 Å². The predicted molar refractivity (Wildman–Crippen MR) is 61.7 cm³/mol. The number of urea groups is 1. The van der Waals surface area contributed by atoms with Crippen molar-refractivity contribution in [2.75, 3.05) is 19.8 Å². The molecule has 2 saturated heterocycles. The Balaban J connectivity index is 2.06. The molecule has 0 aliphatic carbocycles. The molecule has 0 bridgehead atoms. The van der Waals surface area contributed by atoms with E-state index in [1.807, 2.05) is 0 Å². The van der Waals surface area contributed by atoms with E-state index in [2.05, 4.69) is 10.6 Å². The van der Waals surface area contributed by atoms with Gasteiger partial charge in [-0.05, 0) is 20.3 Å². The van der Waals surface area contributed by atoms with Crippen LogP contribution in [0, 0.1) is 0 Å². The minimum absolute atomic E-state index is 0.0478. The number of hydrogen-bond acceptors (Lipinski definition) is 4. The fourth-order valence-corrected chi connectivity index (χ4v) is 2.01. The number of hydrogen-bond donors (Lipinski definition) is 2. The van der Waals surface area contributed by atoms with Gasteiger partial charge < -0.3 is 15.0 Å². The second-order valence-electron chi connectivity index (χ2n) is 5.03. The predicted octanol–water partition coefficient (Wildman–Crippen LogP) is -0.778. The van der Waals surface area contributed by atoms with E-state index in [9.17, 15) is 14.4 Å². The zero-order valence-electron chi connectivity index (χ0n) is 10.5. The van der Waals surface area contributed by atoms with Crippen molar-refractivity contribution in [3.8, 4) is 0 Å². The molecule has 18 heavy (non-hydrogen) atoms. The highest BCUT2D eigenvalue weighted by Crippen LogP contribution is 2.18. The van der Waals surface area contributed by atoms with Gasteiger partial charge in [-0.15, -0.1) is 0 Å². The molecule has 0 aromatic heterocycles.